The third-order valence-corrected chi connectivity index (χ3v) is 8.01. The molecule has 0 saturated carbocycles. The molecular weight excluding hydrogens is 398 g/mol. The quantitative estimate of drug-likeness (QED) is 0.745. The molecule has 0 aromatic carbocycles. The Morgan fingerprint density at radius 3 is 2.54 bits per heavy atom. The van der Waals surface area contributed by atoms with Crippen LogP contribution < -0.4 is 9.21 Å². The van der Waals surface area contributed by atoms with Gasteiger partial charge in [-0.3, -0.25) is 14.1 Å². The highest BCUT2D eigenvalue weighted by Crippen LogP contribution is 2.34. The zero-order valence-corrected chi connectivity index (χ0v) is 17.4. The van der Waals surface area contributed by atoms with E-state index in [2.05, 4.69) is 14.9 Å². The first-order valence-electron chi connectivity index (χ1n) is 9.44. The molecule has 0 spiro atoms. The summed E-state index contributed by atoms with van der Waals surface area (Å²) in [4.78, 5) is 26.4. The summed E-state index contributed by atoms with van der Waals surface area (Å²) in [7, 11) is -3.37. The van der Waals surface area contributed by atoms with Gasteiger partial charge in [0.1, 0.15) is 0 Å². The van der Waals surface area contributed by atoms with Crippen molar-refractivity contribution in [3.63, 3.8) is 0 Å². The average molecular weight is 422 g/mol. The maximum atomic E-state index is 13.0. The molecule has 2 aliphatic heterocycles. The average Bonchev–Trinajstić information content (AvgIpc) is 3.18. The van der Waals surface area contributed by atoms with Gasteiger partial charge in [-0.25, -0.2) is 13.4 Å². The van der Waals surface area contributed by atoms with E-state index in [-0.39, 0.29) is 11.7 Å². The molecule has 1 saturated heterocycles. The van der Waals surface area contributed by atoms with E-state index in [1.165, 1.54) is 15.6 Å². The van der Waals surface area contributed by atoms with Crippen LogP contribution in [0.15, 0.2) is 24.5 Å². The van der Waals surface area contributed by atoms with E-state index in [0.717, 1.165) is 36.5 Å². The Labute approximate surface area is 168 Å². The van der Waals surface area contributed by atoms with Gasteiger partial charge in [-0.2, -0.15) is 0 Å². The second kappa shape index (κ2) is 7.67. The number of thiazole rings is 1. The predicted octanol–water partition coefficient (Wildman–Crippen LogP) is 1.60. The first-order valence-corrected chi connectivity index (χ1v) is 11.9. The van der Waals surface area contributed by atoms with Crippen molar-refractivity contribution in [2.75, 3.05) is 47.7 Å². The molecule has 28 heavy (non-hydrogen) atoms. The molecule has 1 fully saturated rings. The van der Waals surface area contributed by atoms with Gasteiger partial charge in [0.15, 0.2) is 10.8 Å². The van der Waals surface area contributed by atoms with Crippen molar-refractivity contribution in [1.82, 2.24) is 14.9 Å². The lowest BCUT2D eigenvalue weighted by Gasteiger charge is -2.35. The molecule has 2 aromatic rings. The van der Waals surface area contributed by atoms with Gasteiger partial charge >= 0.3 is 0 Å². The van der Waals surface area contributed by atoms with Crippen LogP contribution in [0.4, 0.5) is 11.5 Å². The number of carbonyl (C=O) groups excluding carboxylic acids is 1. The van der Waals surface area contributed by atoms with E-state index in [4.69, 9.17) is 0 Å². The molecule has 0 N–H and O–H groups in total. The minimum Gasteiger partial charge on any atom is -0.368 e. The van der Waals surface area contributed by atoms with Crippen molar-refractivity contribution in [3.05, 3.63) is 34.4 Å². The van der Waals surface area contributed by atoms with Gasteiger partial charge in [-0.05, 0) is 31.9 Å². The van der Waals surface area contributed by atoms with Crippen LogP contribution >= 0.6 is 11.3 Å². The number of piperazine rings is 1. The molecule has 0 aliphatic carbocycles. The number of pyridine rings is 1. The fraction of sp³-hybridized carbons (Fsp3) is 0.500. The number of nitrogens with zero attached hydrogens (tertiary/aromatic N) is 5. The van der Waals surface area contributed by atoms with Gasteiger partial charge in [0.2, 0.25) is 10.0 Å². The highest BCUT2D eigenvalue weighted by molar-refractivity contribution is 7.92. The highest BCUT2D eigenvalue weighted by atomic mass is 32.2. The summed E-state index contributed by atoms with van der Waals surface area (Å²) in [5, 5.41) is 0.389. The number of fused-ring (bicyclic) bond motifs is 1. The van der Waals surface area contributed by atoms with E-state index in [9.17, 15) is 13.2 Å². The summed E-state index contributed by atoms with van der Waals surface area (Å²) >= 11 is 1.33. The highest BCUT2D eigenvalue weighted by Gasteiger charge is 2.32. The number of aromatic nitrogens is 2. The third kappa shape index (κ3) is 3.58. The molecule has 0 atom stereocenters. The normalized spacial score (nSPS) is 17.5. The summed E-state index contributed by atoms with van der Waals surface area (Å²) in [6, 6.07) is 3.93. The number of hydrogen-bond donors (Lipinski definition) is 0. The minimum atomic E-state index is -3.37. The lowest BCUT2D eigenvalue weighted by atomic mass is 10.2. The molecule has 150 valence electrons. The Kier molecular flexibility index (Phi) is 5.24. The molecule has 2 aliphatic rings. The summed E-state index contributed by atoms with van der Waals surface area (Å²) < 4.78 is 26.1. The van der Waals surface area contributed by atoms with Crippen LogP contribution in [0, 0.1) is 0 Å². The van der Waals surface area contributed by atoms with Crippen LogP contribution in [0.25, 0.3) is 0 Å². The monoisotopic (exact) mass is 421 g/mol. The molecule has 4 heterocycles. The Morgan fingerprint density at radius 2 is 1.86 bits per heavy atom. The zero-order chi connectivity index (χ0) is 19.7. The molecule has 0 bridgehead atoms. The Bertz CT molecular complexity index is 953. The van der Waals surface area contributed by atoms with Crippen LogP contribution in [0.2, 0.25) is 0 Å². The first-order chi connectivity index (χ1) is 13.5. The fourth-order valence-corrected chi connectivity index (χ4v) is 5.83. The first kappa shape index (κ1) is 19.1. The summed E-state index contributed by atoms with van der Waals surface area (Å²) in [5.74, 6) is 0.379. The van der Waals surface area contributed by atoms with E-state index in [1.807, 2.05) is 12.1 Å². The number of rotatable bonds is 4. The Hall–Kier alpha value is -2.20. The van der Waals surface area contributed by atoms with Crippen molar-refractivity contribution in [2.45, 2.75) is 19.8 Å². The second-order valence-electron chi connectivity index (χ2n) is 6.83. The molecule has 8 nitrogen and oxygen atoms in total. The lowest BCUT2D eigenvalue weighted by molar-refractivity contribution is 0.0746. The number of amides is 1. The van der Waals surface area contributed by atoms with E-state index in [0.29, 0.717) is 30.5 Å². The molecule has 4 rings (SSSR count). The third-order valence-electron chi connectivity index (χ3n) is 5.16. The molecule has 0 unspecified atom stereocenters. The van der Waals surface area contributed by atoms with Crippen molar-refractivity contribution < 1.29 is 13.2 Å². The maximum Gasteiger partial charge on any atom is 0.283 e. The summed E-state index contributed by atoms with van der Waals surface area (Å²) in [6.07, 6.45) is 5.06. The van der Waals surface area contributed by atoms with E-state index in [1.54, 1.807) is 24.2 Å². The van der Waals surface area contributed by atoms with Crippen molar-refractivity contribution in [1.29, 1.82) is 0 Å². The van der Waals surface area contributed by atoms with E-state index >= 15 is 0 Å². The number of carbonyl (C=O) groups is 1. The van der Waals surface area contributed by atoms with Crippen LogP contribution in [0.5, 0.6) is 0 Å². The fourth-order valence-electron chi connectivity index (χ4n) is 3.57. The minimum absolute atomic E-state index is 0.0320. The number of aryl methyl sites for hydroxylation is 1. The zero-order valence-electron chi connectivity index (χ0n) is 15.7. The SMILES string of the molecule is CCS(=O)(=O)N1CCCc2sc(C(=O)N3CCN(c4ccncc4)CC3)nc21. The second-order valence-corrected chi connectivity index (χ2v) is 10.1. The topological polar surface area (TPSA) is 86.7 Å². The van der Waals surface area contributed by atoms with Gasteiger partial charge in [-0.1, -0.05) is 0 Å². The van der Waals surface area contributed by atoms with Crippen LogP contribution in [0.1, 0.15) is 28.0 Å². The van der Waals surface area contributed by atoms with Crippen LogP contribution in [0.3, 0.4) is 0 Å². The Morgan fingerprint density at radius 1 is 1.14 bits per heavy atom. The molecule has 10 heteroatoms. The van der Waals surface area contributed by atoms with Gasteiger partial charge in [-0.15, -0.1) is 11.3 Å². The van der Waals surface area contributed by atoms with Gasteiger partial charge < -0.3 is 9.80 Å². The van der Waals surface area contributed by atoms with Crippen LogP contribution in [-0.2, 0) is 16.4 Å². The molecule has 0 radical (unpaired) electrons. The predicted molar refractivity (Wildman–Crippen MR) is 110 cm³/mol. The van der Waals surface area contributed by atoms with Gasteiger partial charge in [0.05, 0.1) is 10.6 Å². The largest absolute Gasteiger partial charge is 0.368 e. The smallest absolute Gasteiger partial charge is 0.283 e. The summed E-state index contributed by atoms with van der Waals surface area (Å²) in [5.41, 5.74) is 1.10. The number of anilines is 2. The van der Waals surface area contributed by atoms with E-state index < -0.39 is 10.0 Å². The summed E-state index contributed by atoms with van der Waals surface area (Å²) in [6.45, 7) is 4.79. The molecule has 1 amide bonds. The van der Waals surface area contributed by atoms with Crippen molar-refractivity contribution >= 4 is 38.8 Å². The Balaban J connectivity index is 1.48. The van der Waals surface area contributed by atoms with Crippen LogP contribution in [-0.4, -0.2) is 67.7 Å². The number of hydrogen-bond acceptors (Lipinski definition) is 7. The standard InChI is InChI=1S/C18H23N5O3S2/c1-2-28(25,26)23-9-3-4-15-16(23)20-17(27-15)18(24)22-12-10-21(11-13-22)14-5-7-19-8-6-14/h5-8H,2-4,9-13H2,1H3. The maximum absolute atomic E-state index is 13.0. The molecular formula is C18H23N5O3S2. The van der Waals surface area contributed by atoms with Gasteiger partial charge in [0, 0.05) is 50.8 Å². The van der Waals surface area contributed by atoms with Crippen molar-refractivity contribution in [3.8, 4) is 0 Å². The molecule has 2 aromatic heterocycles. The lowest BCUT2D eigenvalue weighted by Crippen LogP contribution is -2.48. The number of sulfonamides is 1. The van der Waals surface area contributed by atoms with Gasteiger partial charge in [0.25, 0.3) is 5.91 Å². The van der Waals surface area contributed by atoms with Crippen molar-refractivity contribution in [2.24, 2.45) is 0 Å².